The topological polar surface area (TPSA) is 66.8 Å². The summed E-state index contributed by atoms with van der Waals surface area (Å²) in [5, 5.41) is 18.5. The number of carbonyl (C=O) groups excluding carboxylic acids is 1. The van der Waals surface area contributed by atoms with Crippen molar-refractivity contribution in [3.8, 4) is 0 Å². The molecule has 0 aromatic rings. The summed E-state index contributed by atoms with van der Waals surface area (Å²) >= 11 is 0. The molecule has 0 saturated heterocycles. The van der Waals surface area contributed by atoms with Crippen molar-refractivity contribution >= 4 is 6.29 Å². The molecule has 0 radical (unpaired) electrons. The van der Waals surface area contributed by atoms with Gasteiger partial charge in [-0.25, -0.2) is 0 Å². The van der Waals surface area contributed by atoms with Crippen LogP contribution in [0.5, 0.6) is 0 Å². The Hall–Kier alpha value is -0.970. The summed E-state index contributed by atoms with van der Waals surface area (Å²) in [4.78, 5) is 10.3. The predicted molar refractivity (Wildman–Crippen MR) is 41.3 cm³/mol. The number of aldehydes is 1. The summed E-state index contributed by atoms with van der Waals surface area (Å²) < 4.78 is 4.75. The SMILES string of the molecule is COC1C=C(C=O)C=CC1(O)O. The fourth-order valence-electron chi connectivity index (χ4n) is 0.987. The van der Waals surface area contributed by atoms with Crippen LogP contribution in [0.3, 0.4) is 0 Å². The van der Waals surface area contributed by atoms with Gasteiger partial charge in [-0.15, -0.1) is 0 Å². The van der Waals surface area contributed by atoms with Crippen LogP contribution in [-0.4, -0.2) is 35.5 Å². The zero-order valence-electron chi connectivity index (χ0n) is 6.60. The second-order valence-corrected chi connectivity index (χ2v) is 2.56. The smallest absolute Gasteiger partial charge is 0.214 e. The van der Waals surface area contributed by atoms with Crippen LogP contribution in [-0.2, 0) is 9.53 Å². The van der Waals surface area contributed by atoms with E-state index in [2.05, 4.69) is 0 Å². The highest BCUT2D eigenvalue weighted by atomic mass is 16.6. The molecule has 66 valence electrons. The van der Waals surface area contributed by atoms with Gasteiger partial charge in [0.2, 0.25) is 5.79 Å². The second kappa shape index (κ2) is 3.18. The lowest BCUT2D eigenvalue weighted by Crippen LogP contribution is -2.41. The quantitative estimate of drug-likeness (QED) is 0.428. The third-order valence-electron chi connectivity index (χ3n) is 1.67. The minimum atomic E-state index is -2.01. The first kappa shape index (κ1) is 9.12. The summed E-state index contributed by atoms with van der Waals surface area (Å²) in [5.41, 5.74) is 0.376. The number of methoxy groups -OCH3 is 1. The van der Waals surface area contributed by atoms with E-state index in [0.717, 1.165) is 6.08 Å². The van der Waals surface area contributed by atoms with E-state index >= 15 is 0 Å². The van der Waals surface area contributed by atoms with E-state index in [9.17, 15) is 15.0 Å². The Bertz CT molecular complexity index is 239. The third kappa shape index (κ3) is 1.61. The monoisotopic (exact) mass is 170 g/mol. The molecule has 0 aliphatic heterocycles. The molecule has 4 nitrogen and oxygen atoms in total. The number of aliphatic hydroxyl groups is 2. The molecule has 0 amide bonds. The number of ether oxygens (including phenoxy) is 1. The van der Waals surface area contributed by atoms with Gasteiger partial charge in [-0.1, -0.05) is 6.08 Å². The zero-order valence-corrected chi connectivity index (χ0v) is 6.60. The molecular formula is C8H10O4. The molecule has 0 saturated carbocycles. The normalized spacial score (nSPS) is 26.6. The molecular weight excluding hydrogens is 160 g/mol. The van der Waals surface area contributed by atoms with Crippen molar-refractivity contribution in [2.75, 3.05) is 7.11 Å². The predicted octanol–water partition coefficient (Wildman–Crippen LogP) is -0.623. The summed E-state index contributed by atoms with van der Waals surface area (Å²) in [5.74, 6) is -2.01. The van der Waals surface area contributed by atoms with Gasteiger partial charge in [0.25, 0.3) is 0 Å². The number of allylic oxidation sites excluding steroid dienone is 2. The Balaban J connectivity index is 2.89. The van der Waals surface area contributed by atoms with E-state index < -0.39 is 11.9 Å². The first-order chi connectivity index (χ1) is 5.60. The van der Waals surface area contributed by atoms with Crippen molar-refractivity contribution in [1.29, 1.82) is 0 Å². The minimum Gasteiger partial charge on any atom is -0.371 e. The number of rotatable bonds is 2. The van der Waals surface area contributed by atoms with Gasteiger partial charge in [0.15, 0.2) is 0 Å². The van der Waals surface area contributed by atoms with E-state index in [1.807, 2.05) is 0 Å². The highest BCUT2D eigenvalue weighted by Gasteiger charge is 2.32. The molecule has 1 unspecified atom stereocenters. The van der Waals surface area contributed by atoms with Crippen molar-refractivity contribution in [1.82, 2.24) is 0 Å². The number of carbonyl (C=O) groups is 1. The first-order valence-corrected chi connectivity index (χ1v) is 3.44. The van der Waals surface area contributed by atoms with Crippen LogP contribution in [0.1, 0.15) is 0 Å². The second-order valence-electron chi connectivity index (χ2n) is 2.56. The number of hydrogen-bond donors (Lipinski definition) is 2. The van der Waals surface area contributed by atoms with Crippen molar-refractivity contribution in [3.05, 3.63) is 23.8 Å². The van der Waals surface area contributed by atoms with Crippen LogP contribution in [0, 0.1) is 0 Å². The number of hydrogen-bond acceptors (Lipinski definition) is 4. The molecule has 1 atom stereocenters. The van der Waals surface area contributed by atoms with E-state index in [0.29, 0.717) is 11.9 Å². The lowest BCUT2D eigenvalue weighted by molar-refractivity contribution is -0.183. The van der Waals surface area contributed by atoms with Gasteiger partial charge in [0, 0.05) is 12.7 Å². The van der Waals surface area contributed by atoms with E-state index in [1.165, 1.54) is 19.3 Å². The fraction of sp³-hybridized carbons (Fsp3) is 0.375. The van der Waals surface area contributed by atoms with E-state index in [-0.39, 0.29) is 0 Å². The maximum Gasteiger partial charge on any atom is 0.214 e. The molecule has 0 bridgehead atoms. The van der Waals surface area contributed by atoms with Gasteiger partial charge >= 0.3 is 0 Å². The third-order valence-corrected chi connectivity index (χ3v) is 1.67. The fourth-order valence-corrected chi connectivity index (χ4v) is 0.987. The van der Waals surface area contributed by atoms with Crippen LogP contribution in [0.2, 0.25) is 0 Å². The Morgan fingerprint density at radius 3 is 2.83 bits per heavy atom. The maximum atomic E-state index is 10.3. The van der Waals surface area contributed by atoms with Crippen LogP contribution >= 0.6 is 0 Å². The molecule has 0 spiro atoms. The molecule has 0 heterocycles. The molecule has 12 heavy (non-hydrogen) atoms. The van der Waals surface area contributed by atoms with Crippen LogP contribution in [0.15, 0.2) is 23.8 Å². The standard InChI is InChI=1S/C8H10O4/c1-12-7-4-6(5-9)2-3-8(7,10)11/h2-5,7,10-11H,1H3. The largest absolute Gasteiger partial charge is 0.371 e. The van der Waals surface area contributed by atoms with Crippen molar-refractivity contribution < 1.29 is 19.7 Å². The van der Waals surface area contributed by atoms with Crippen LogP contribution in [0.25, 0.3) is 0 Å². The highest BCUT2D eigenvalue weighted by Crippen LogP contribution is 2.20. The van der Waals surface area contributed by atoms with Crippen molar-refractivity contribution in [3.63, 3.8) is 0 Å². The molecule has 0 aromatic heterocycles. The molecule has 0 fully saturated rings. The minimum absolute atomic E-state index is 0.376. The van der Waals surface area contributed by atoms with Crippen molar-refractivity contribution in [2.45, 2.75) is 11.9 Å². The summed E-state index contributed by atoms with van der Waals surface area (Å²) in [7, 11) is 1.34. The van der Waals surface area contributed by atoms with Gasteiger partial charge in [-0.2, -0.15) is 0 Å². The molecule has 4 heteroatoms. The Labute approximate surface area is 69.8 Å². The molecule has 1 aliphatic carbocycles. The van der Waals surface area contributed by atoms with Gasteiger partial charge < -0.3 is 14.9 Å². The summed E-state index contributed by atoms with van der Waals surface area (Å²) in [6, 6.07) is 0. The molecule has 1 rings (SSSR count). The van der Waals surface area contributed by atoms with Gasteiger partial charge in [0.05, 0.1) is 0 Å². The molecule has 1 aliphatic rings. The Morgan fingerprint density at radius 2 is 2.33 bits per heavy atom. The highest BCUT2D eigenvalue weighted by molar-refractivity contribution is 5.78. The lowest BCUT2D eigenvalue weighted by Gasteiger charge is -2.27. The zero-order chi connectivity index (χ0) is 9.19. The maximum absolute atomic E-state index is 10.3. The lowest BCUT2D eigenvalue weighted by atomic mass is 10.00. The Morgan fingerprint density at radius 1 is 1.67 bits per heavy atom. The van der Waals surface area contributed by atoms with Crippen LogP contribution in [0.4, 0.5) is 0 Å². The first-order valence-electron chi connectivity index (χ1n) is 3.44. The van der Waals surface area contributed by atoms with Gasteiger partial charge in [0.1, 0.15) is 12.4 Å². The van der Waals surface area contributed by atoms with E-state index in [4.69, 9.17) is 4.74 Å². The Kier molecular flexibility index (Phi) is 2.42. The van der Waals surface area contributed by atoms with Gasteiger partial charge in [-0.05, 0) is 12.2 Å². The summed E-state index contributed by atoms with van der Waals surface area (Å²) in [6.07, 6.45) is 3.54. The molecule has 2 N–H and O–H groups in total. The molecule has 0 aromatic carbocycles. The average molecular weight is 170 g/mol. The van der Waals surface area contributed by atoms with Crippen LogP contribution < -0.4 is 0 Å². The average Bonchev–Trinajstić information content (AvgIpc) is 2.04. The van der Waals surface area contributed by atoms with Gasteiger partial charge in [-0.3, -0.25) is 4.79 Å². The summed E-state index contributed by atoms with van der Waals surface area (Å²) in [6.45, 7) is 0. The van der Waals surface area contributed by atoms with Crippen molar-refractivity contribution in [2.24, 2.45) is 0 Å². The van der Waals surface area contributed by atoms with E-state index in [1.54, 1.807) is 0 Å².